The van der Waals surface area contributed by atoms with E-state index in [-0.39, 0.29) is 5.69 Å². The summed E-state index contributed by atoms with van der Waals surface area (Å²) in [6, 6.07) is 13.8. The van der Waals surface area contributed by atoms with Gasteiger partial charge < -0.3 is 0 Å². The first-order valence-electron chi connectivity index (χ1n) is 5.33. The highest BCUT2D eigenvalue weighted by Crippen LogP contribution is 2.15. The van der Waals surface area contributed by atoms with E-state index in [0.717, 1.165) is 11.1 Å². The quantitative estimate of drug-likeness (QED) is 0.465. The topological polar surface area (TPSA) is 43.1 Å². The molecule has 0 spiro atoms. The Morgan fingerprint density at radius 2 is 1.33 bits per heavy atom. The third-order valence-corrected chi connectivity index (χ3v) is 2.69. The van der Waals surface area contributed by atoms with E-state index < -0.39 is 4.92 Å². The van der Waals surface area contributed by atoms with Gasteiger partial charge in [0, 0.05) is 17.2 Å². The summed E-state index contributed by atoms with van der Waals surface area (Å²) in [7, 11) is 0. The molecule has 18 heavy (non-hydrogen) atoms. The lowest BCUT2D eigenvalue weighted by atomic mass is 10.1. The van der Waals surface area contributed by atoms with Crippen molar-refractivity contribution in [2.75, 3.05) is 0 Å². The second-order valence-electron chi connectivity index (χ2n) is 3.73. The number of hydrogen-bond donors (Lipinski definition) is 0. The number of nitro groups is 1. The predicted octanol–water partition coefficient (Wildman–Crippen LogP) is 4.42. The molecule has 3 nitrogen and oxygen atoms in total. The van der Waals surface area contributed by atoms with Crippen molar-refractivity contribution in [1.29, 1.82) is 0 Å². The van der Waals surface area contributed by atoms with Crippen LogP contribution >= 0.6 is 11.6 Å². The SMILES string of the molecule is O=[N+]([O-])c1ccc(/C=C\c2ccc(Cl)cc2)cc1. The van der Waals surface area contributed by atoms with Crippen LogP contribution in [-0.2, 0) is 0 Å². The summed E-state index contributed by atoms with van der Waals surface area (Å²) < 4.78 is 0. The van der Waals surface area contributed by atoms with Gasteiger partial charge in [-0.25, -0.2) is 0 Å². The van der Waals surface area contributed by atoms with Gasteiger partial charge in [-0.1, -0.05) is 35.9 Å². The summed E-state index contributed by atoms with van der Waals surface area (Å²) in [6.45, 7) is 0. The molecule has 4 heteroatoms. The van der Waals surface area contributed by atoms with Crippen LogP contribution in [-0.4, -0.2) is 4.92 Å². The molecule has 90 valence electrons. The van der Waals surface area contributed by atoms with Crippen molar-refractivity contribution < 1.29 is 4.92 Å². The second-order valence-corrected chi connectivity index (χ2v) is 4.17. The van der Waals surface area contributed by atoms with Crippen LogP contribution in [0, 0.1) is 10.1 Å². The summed E-state index contributed by atoms with van der Waals surface area (Å²) in [5.74, 6) is 0. The molecule has 0 aliphatic rings. The van der Waals surface area contributed by atoms with Crippen LogP contribution in [0.1, 0.15) is 11.1 Å². The molecule has 2 aromatic carbocycles. The Morgan fingerprint density at radius 1 is 0.889 bits per heavy atom. The summed E-state index contributed by atoms with van der Waals surface area (Å²) in [4.78, 5) is 10.1. The third kappa shape index (κ3) is 3.18. The van der Waals surface area contributed by atoms with Gasteiger partial charge in [-0.2, -0.15) is 0 Å². The number of nitro benzene ring substituents is 1. The average Bonchev–Trinajstić information content (AvgIpc) is 2.38. The molecule has 0 radical (unpaired) electrons. The molecule has 0 saturated carbocycles. The molecular weight excluding hydrogens is 250 g/mol. The van der Waals surface area contributed by atoms with E-state index in [0.29, 0.717) is 5.02 Å². The summed E-state index contributed by atoms with van der Waals surface area (Å²) in [6.07, 6.45) is 3.82. The Kier molecular flexibility index (Phi) is 3.75. The Bertz CT molecular complexity index is 574. The van der Waals surface area contributed by atoms with Crippen LogP contribution in [0.4, 0.5) is 5.69 Å². The number of nitrogens with zero attached hydrogens (tertiary/aromatic N) is 1. The fraction of sp³-hybridized carbons (Fsp3) is 0. The Morgan fingerprint density at radius 3 is 1.78 bits per heavy atom. The minimum Gasteiger partial charge on any atom is -0.258 e. The van der Waals surface area contributed by atoms with Crippen molar-refractivity contribution in [3.05, 3.63) is 74.8 Å². The van der Waals surface area contributed by atoms with Gasteiger partial charge in [0.1, 0.15) is 0 Å². The fourth-order valence-electron chi connectivity index (χ4n) is 1.47. The van der Waals surface area contributed by atoms with Gasteiger partial charge >= 0.3 is 0 Å². The zero-order valence-electron chi connectivity index (χ0n) is 9.42. The number of non-ortho nitro benzene ring substituents is 1. The molecule has 0 bridgehead atoms. The maximum absolute atomic E-state index is 10.5. The predicted molar refractivity (Wildman–Crippen MR) is 73.5 cm³/mol. The van der Waals surface area contributed by atoms with E-state index in [4.69, 9.17) is 11.6 Å². The molecule has 0 aliphatic heterocycles. The average molecular weight is 260 g/mol. The first-order valence-corrected chi connectivity index (χ1v) is 5.71. The number of halogens is 1. The minimum atomic E-state index is -0.410. The summed E-state index contributed by atoms with van der Waals surface area (Å²) >= 11 is 5.79. The van der Waals surface area contributed by atoms with E-state index in [1.165, 1.54) is 12.1 Å². The van der Waals surface area contributed by atoms with Crippen molar-refractivity contribution in [2.45, 2.75) is 0 Å². The first-order chi connectivity index (χ1) is 8.65. The van der Waals surface area contributed by atoms with Gasteiger partial charge in [0.15, 0.2) is 0 Å². The molecule has 0 aromatic heterocycles. The minimum absolute atomic E-state index is 0.0960. The van der Waals surface area contributed by atoms with Gasteiger partial charge in [0.25, 0.3) is 5.69 Å². The van der Waals surface area contributed by atoms with Gasteiger partial charge in [0.2, 0.25) is 0 Å². The smallest absolute Gasteiger partial charge is 0.258 e. The second kappa shape index (κ2) is 5.47. The van der Waals surface area contributed by atoms with Gasteiger partial charge in [0.05, 0.1) is 4.92 Å². The largest absolute Gasteiger partial charge is 0.269 e. The summed E-state index contributed by atoms with van der Waals surface area (Å²) in [5.41, 5.74) is 2.03. The Balaban J connectivity index is 2.13. The van der Waals surface area contributed by atoms with E-state index in [2.05, 4.69) is 0 Å². The van der Waals surface area contributed by atoms with E-state index in [1.54, 1.807) is 12.1 Å². The van der Waals surface area contributed by atoms with Gasteiger partial charge in [-0.15, -0.1) is 0 Å². The monoisotopic (exact) mass is 259 g/mol. The molecule has 0 aliphatic carbocycles. The number of rotatable bonds is 3. The van der Waals surface area contributed by atoms with Crippen LogP contribution in [0.3, 0.4) is 0 Å². The molecule has 0 saturated heterocycles. The highest BCUT2D eigenvalue weighted by Gasteiger charge is 2.01. The van der Waals surface area contributed by atoms with E-state index in [9.17, 15) is 10.1 Å². The van der Waals surface area contributed by atoms with Crippen molar-refractivity contribution >= 4 is 29.4 Å². The molecule has 2 aromatic rings. The molecule has 0 atom stereocenters. The normalized spacial score (nSPS) is 10.7. The molecule has 0 unspecified atom stereocenters. The Labute approximate surface area is 109 Å². The lowest BCUT2D eigenvalue weighted by molar-refractivity contribution is -0.384. The summed E-state index contributed by atoms with van der Waals surface area (Å²) in [5, 5.41) is 11.2. The zero-order valence-corrected chi connectivity index (χ0v) is 10.2. The maximum atomic E-state index is 10.5. The fourth-order valence-corrected chi connectivity index (χ4v) is 1.60. The van der Waals surface area contributed by atoms with Crippen LogP contribution in [0.5, 0.6) is 0 Å². The molecule has 0 heterocycles. The highest BCUT2D eigenvalue weighted by molar-refractivity contribution is 6.30. The van der Waals surface area contributed by atoms with Crippen molar-refractivity contribution in [1.82, 2.24) is 0 Å². The van der Waals surface area contributed by atoms with Crippen molar-refractivity contribution in [2.24, 2.45) is 0 Å². The zero-order chi connectivity index (χ0) is 13.0. The van der Waals surface area contributed by atoms with Crippen LogP contribution in [0.15, 0.2) is 48.5 Å². The maximum Gasteiger partial charge on any atom is 0.269 e. The first kappa shape index (κ1) is 12.3. The van der Waals surface area contributed by atoms with Gasteiger partial charge in [-0.3, -0.25) is 10.1 Å². The lowest BCUT2D eigenvalue weighted by Gasteiger charge is -1.95. The van der Waals surface area contributed by atoms with Crippen LogP contribution in [0.25, 0.3) is 12.2 Å². The lowest BCUT2D eigenvalue weighted by Crippen LogP contribution is -1.86. The third-order valence-electron chi connectivity index (χ3n) is 2.44. The highest BCUT2D eigenvalue weighted by atomic mass is 35.5. The molecule has 0 fully saturated rings. The van der Waals surface area contributed by atoms with Crippen LogP contribution < -0.4 is 0 Å². The molecular formula is C14H10ClNO2. The van der Waals surface area contributed by atoms with Gasteiger partial charge in [-0.05, 0) is 35.4 Å². The van der Waals surface area contributed by atoms with Crippen molar-refractivity contribution in [3.8, 4) is 0 Å². The van der Waals surface area contributed by atoms with E-state index >= 15 is 0 Å². The molecule has 2 rings (SSSR count). The standard InChI is InChI=1S/C14H10ClNO2/c15-13-7-3-11(4-8-13)1-2-12-5-9-14(10-6-12)16(17)18/h1-10H/b2-1-. The Hall–Kier alpha value is -2.13. The number of benzene rings is 2. The molecule has 0 N–H and O–H groups in total. The van der Waals surface area contributed by atoms with Crippen LogP contribution in [0.2, 0.25) is 5.02 Å². The number of hydrogen-bond acceptors (Lipinski definition) is 2. The van der Waals surface area contributed by atoms with E-state index in [1.807, 2.05) is 36.4 Å². The van der Waals surface area contributed by atoms with Crippen molar-refractivity contribution in [3.63, 3.8) is 0 Å². The molecule has 0 amide bonds.